The number of hydrogen-bond acceptors (Lipinski definition) is 7. The Labute approximate surface area is 142 Å². The number of nitrogens with two attached hydrogens (primary N) is 1. The lowest BCUT2D eigenvalue weighted by Crippen LogP contribution is -2.28. The van der Waals surface area contributed by atoms with Crippen molar-refractivity contribution >= 4 is 11.9 Å². The first-order valence-electron chi connectivity index (χ1n) is 8.04. The van der Waals surface area contributed by atoms with Crippen LogP contribution in [0.4, 0.5) is 11.9 Å². The zero-order valence-electron chi connectivity index (χ0n) is 14.6. The topological polar surface area (TPSA) is 106 Å². The number of nitrogens with zero attached hydrogens (tertiary/aromatic N) is 3. The normalized spacial score (nSPS) is 13.4. The second-order valence-corrected chi connectivity index (χ2v) is 5.94. The second kappa shape index (κ2) is 7.92. The van der Waals surface area contributed by atoms with Gasteiger partial charge in [-0.3, -0.25) is 0 Å². The molecule has 1 aromatic heterocycles. The molecule has 0 saturated carbocycles. The number of aromatic nitrogens is 3. The van der Waals surface area contributed by atoms with Crippen LogP contribution in [0.5, 0.6) is 5.75 Å². The van der Waals surface area contributed by atoms with Crippen molar-refractivity contribution < 1.29 is 9.84 Å². The summed E-state index contributed by atoms with van der Waals surface area (Å²) in [6.07, 6.45) is 0.0165. The zero-order valence-corrected chi connectivity index (χ0v) is 14.6. The highest BCUT2D eigenvalue weighted by Crippen LogP contribution is 2.17. The molecule has 0 spiro atoms. The van der Waals surface area contributed by atoms with Crippen LogP contribution < -0.4 is 15.8 Å². The summed E-state index contributed by atoms with van der Waals surface area (Å²) < 4.78 is 5.89. The van der Waals surface area contributed by atoms with E-state index in [4.69, 9.17) is 10.5 Å². The maximum atomic E-state index is 9.61. The molecule has 4 N–H and O–H groups in total. The Morgan fingerprint density at radius 1 is 1.17 bits per heavy atom. The van der Waals surface area contributed by atoms with E-state index in [2.05, 4.69) is 26.3 Å². The minimum Gasteiger partial charge on any atom is -0.491 e. The number of hydrogen-bond donors (Lipinski definition) is 3. The van der Waals surface area contributed by atoms with Crippen molar-refractivity contribution in [3.05, 3.63) is 35.2 Å². The third-order valence-electron chi connectivity index (χ3n) is 3.52. The fourth-order valence-corrected chi connectivity index (χ4v) is 2.32. The van der Waals surface area contributed by atoms with Gasteiger partial charge in [-0.2, -0.15) is 15.0 Å². The highest BCUT2D eigenvalue weighted by atomic mass is 16.5. The van der Waals surface area contributed by atoms with E-state index in [1.165, 1.54) is 0 Å². The Hall–Kier alpha value is -2.41. The van der Waals surface area contributed by atoms with Gasteiger partial charge in [0.05, 0.1) is 6.04 Å². The highest BCUT2D eigenvalue weighted by Gasteiger charge is 2.13. The molecule has 0 aliphatic rings. The van der Waals surface area contributed by atoms with Gasteiger partial charge in [-0.15, -0.1) is 0 Å². The lowest BCUT2D eigenvalue weighted by atomic mass is 10.1. The quantitative estimate of drug-likeness (QED) is 0.715. The van der Waals surface area contributed by atoms with E-state index in [1.54, 1.807) is 6.92 Å². The predicted octanol–water partition coefficient (Wildman–Crippen LogP) is 2.39. The van der Waals surface area contributed by atoms with Crippen molar-refractivity contribution in [2.24, 2.45) is 0 Å². The first kappa shape index (κ1) is 17.9. The predicted molar refractivity (Wildman–Crippen MR) is 94.0 cm³/mol. The third kappa shape index (κ3) is 5.06. The zero-order chi connectivity index (χ0) is 17.7. The molecule has 0 aliphatic heterocycles. The molecule has 0 bridgehead atoms. The van der Waals surface area contributed by atoms with Crippen LogP contribution in [-0.4, -0.2) is 32.7 Å². The van der Waals surface area contributed by atoms with E-state index in [0.717, 1.165) is 23.3 Å². The number of aliphatic hydroxyl groups excluding tert-OH is 1. The van der Waals surface area contributed by atoms with E-state index in [1.807, 2.05) is 32.9 Å². The Kier molecular flexibility index (Phi) is 5.92. The molecule has 0 fully saturated rings. The molecule has 2 aromatic rings. The second-order valence-electron chi connectivity index (χ2n) is 5.94. The van der Waals surface area contributed by atoms with Gasteiger partial charge in [0.25, 0.3) is 0 Å². The Morgan fingerprint density at radius 2 is 1.83 bits per heavy atom. The van der Waals surface area contributed by atoms with Gasteiger partial charge < -0.3 is 20.9 Å². The highest BCUT2D eigenvalue weighted by molar-refractivity contribution is 5.34. The number of aryl methyl sites for hydroxylation is 2. The molecule has 130 valence electrons. The number of nitrogens with one attached hydrogen (secondary N) is 1. The van der Waals surface area contributed by atoms with Gasteiger partial charge >= 0.3 is 0 Å². The van der Waals surface area contributed by atoms with Gasteiger partial charge in [0.2, 0.25) is 11.9 Å². The molecule has 1 aromatic carbocycles. The molecule has 2 atom stereocenters. The van der Waals surface area contributed by atoms with Gasteiger partial charge in [-0.05, 0) is 50.5 Å². The molecular formula is C17H25N5O2. The Morgan fingerprint density at radius 3 is 2.42 bits per heavy atom. The summed E-state index contributed by atoms with van der Waals surface area (Å²) >= 11 is 0. The van der Waals surface area contributed by atoms with Crippen LogP contribution in [0.1, 0.15) is 43.3 Å². The summed E-state index contributed by atoms with van der Waals surface area (Å²) in [6, 6.07) is 6.13. The molecular weight excluding hydrogens is 306 g/mol. The summed E-state index contributed by atoms with van der Waals surface area (Å²) in [5, 5.41) is 12.8. The number of rotatable bonds is 7. The molecule has 0 amide bonds. The van der Waals surface area contributed by atoms with Crippen LogP contribution in [0.3, 0.4) is 0 Å². The Bertz CT molecular complexity index is 670. The first-order valence-corrected chi connectivity index (χ1v) is 8.04. The van der Waals surface area contributed by atoms with Gasteiger partial charge in [0.1, 0.15) is 18.5 Å². The fourth-order valence-electron chi connectivity index (χ4n) is 2.32. The van der Waals surface area contributed by atoms with Crippen LogP contribution in [0, 0.1) is 13.8 Å². The number of anilines is 2. The number of ether oxygens (including phenoxy) is 1. The smallest absolute Gasteiger partial charge is 0.228 e. The van der Waals surface area contributed by atoms with Gasteiger partial charge in [0.15, 0.2) is 5.82 Å². The molecule has 2 rings (SSSR count). The van der Waals surface area contributed by atoms with Crippen LogP contribution >= 0.6 is 0 Å². The van der Waals surface area contributed by atoms with Crippen LogP contribution in [-0.2, 0) is 0 Å². The van der Waals surface area contributed by atoms with E-state index < -0.39 is 6.10 Å². The third-order valence-corrected chi connectivity index (χ3v) is 3.52. The lowest BCUT2D eigenvalue weighted by Gasteiger charge is -2.18. The van der Waals surface area contributed by atoms with Gasteiger partial charge in [-0.25, -0.2) is 0 Å². The summed E-state index contributed by atoms with van der Waals surface area (Å²) in [7, 11) is 0. The van der Waals surface area contributed by atoms with Crippen molar-refractivity contribution in [1.29, 1.82) is 0 Å². The van der Waals surface area contributed by atoms with Crippen molar-refractivity contribution in [2.75, 3.05) is 17.7 Å². The SMILES string of the molecule is CCC(COc1cc(C)cc(C)c1)Nc1nc(N)nc([C@@H](C)O)n1. The van der Waals surface area contributed by atoms with Crippen LogP contribution in [0.25, 0.3) is 0 Å². The minimum absolute atomic E-state index is 0.00877. The minimum atomic E-state index is -0.803. The van der Waals surface area contributed by atoms with E-state index in [0.29, 0.717) is 12.6 Å². The molecule has 0 saturated heterocycles. The van der Waals surface area contributed by atoms with E-state index >= 15 is 0 Å². The van der Waals surface area contributed by atoms with E-state index in [9.17, 15) is 5.11 Å². The molecule has 0 radical (unpaired) electrons. The van der Waals surface area contributed by atoms with Crippen molar-refractivity contribution in [2.45, 2.75) is 46.3 Å². The average molecular weight is 331 g/mol. The van der Waals surface area contributed by atoms with Gasteiger partial charge in [-0.1, -0.05) is 13.0 Å². The molecule has 1 heterocycles. The van der Waals surface area contributed by atoms with Crippen molar-refractivity contribution in [3.63, 3.8) is 0 Å². The van der Waals surface area contributed by atoms with Crippen molar-refractivity contribution in [3.8, 4) is 5.75 Å². The summed E-state index contributed by atoms with van der Waals surface area (Å²) in [4.78, 5) is 12.2. The molecule has 7 heteroatoms. The average Bonchev–Trinajstić information content (AvgIpc) is 2.49. The number of nitrogen functional groups attached to an aromatic ring is 1. The molecule has 0 aliphatic carbocycles. The monoisotopic (exact) mass is 331 g/mol. The number of aliphatic hydroxyl groups is 1. The summed E-state index contributed by atoms with van der Waals surface area (Å²) in [5.41, 5.74) is 8.00. The van der Waals surface area contributed by atoms with Crippen molar-refractivity contribution in [1.82, 2.24) is 15.0 Å². The number of benzene rings is 1. The van der Waals surface area contributed by atoms with E-state index in [-0.39, 0.29) is 17.8 Å². The standard InChI is InChI=1S/C17H25N5O2/c1-5-13(9-24-14-7-10(2)6-11(3)8-14)19-17-21-15(12(4)23)20-16(18)22-17/h6-8,12-13,23H,5,9H2,1-4H3,(H3,18,19,20,21,22)/t12-,13?/m1/s1. The van der Waals surface area contributed by atoms with Crippen LogP contribution in [0.15, 0.2) is 18.2 Å². The van der Waals surface area contributed by atoms with Crippen LogP contribution in [0.2, 0.25) is 0 Å². The maximum absolute atomic E-state index is 9.61. The summed E-state index contributed by atoms with van der Waals surface area (Å²) in [5.74, 6) is 1.51. The molecule has 7 nitrogen and oxygen atoms in total. The first-order chi connectivity index (χ1) is 11.4. The summed E-state index contributed by atoms with van der Waals surface area (Å²) in [6.45, 7) is 8.18. The molecule has 1 unspecified atom stereocenters. The largest absolute Gasteiger partial charge is 0.491 e. The molecule has 24 heavy (non-hydrogen) atoms. The fraction of sp³-hybridized carbons (Fsp3) is 0.471. The van der Waals surface area contributed by atoms with Gasteiger partial charge in [0, 0.05) is 0 Å². The Balaban J connectivity index is 2.04. The maximum Gasteiger partial charge on any atom is 0.228 e. The lowest BCUT2D eigenvalue weighted by molar-refractivity contribution is 0.189.